The molecule has 0 nitrogen and oxygen atoms in total. The van der Waals surface area contributed by atoms with Crippen LogP contribution in [-0.2, 0) is 0 Å². The van der Waals surface area contributed by atoms with Crippen LogP contribution in [0.2, 0.25) is 0 Å². The molecule has 0 rings (SSSR count). The van der Waals surface area contributed by atoms with Gasteiger partial charge >= 0.3 is 0 Å². The summed E-state index contributed by atoms with van der Waals surface area (Å²) in [4.78, 5) is 0. The fourth-order valence-corrected chi connectivity index (χ4v) is 0.801. The van der Waals surface area contributed by atoms with Crippen molar-refractivity contribution in [3.8, 4) is 0 Å². The Morgan fingerprint density at radius 2 is 2.10 bits per heavy atom. The predicted molar refractivity (Wildman–Crippen MR) is 47.6 cm³/mol. The Bertz CT molecular complexity index is 92.2. The van der Waals surface area contributed by atoms with Crippen molar-refractivity contribution in [3.05, 3.63) is 0 Å². The van der Waals surface area contributed by atoms with E-state index < -0.39 is 5.47 Å². The molecule has 0 heterocycles. The van der Waals surface area contributed by atoms with Gasteiger partial charge in [0.2, 0.25) is 0 Å². The van der Waals surface area contributed by atoms with Gasteiger partial charge in [0.1, 0.15) is 15.7 Å². The van der Waals surface area contributed by atoms with Crippen LogP contribution in [0.15, 0.2) is 0 Å². The van der Waals surface area contributed by atoms with E-state index in [1.54, 1.807) is 6.92 Å². The van der Waals surface area contributed by atoms with E-state index in [4.69, 9.17) is 15.7 Å². The maximum Gasteiger partial charge on any atom is 0.107 e. The lowest BCUT2D eigenvalue weighted by Gasteiger charge is -2.23. The van der Waals surface area contributed by atoms with E-state index in [0.717, 1.165) is 12.2 Å². The molecule has 0 aliphatic carbocycles. The molecular formula is C6H11B2FS. The minimum atomic E-state index is -2.02. The largest absolute Gasteiger partial charge is 0.265 e. The van der Waals surface area contributed by atoms with Crippen molar-refractivity contribution in [1.29, 1.82) is 0 Å². The van der Waals surface area contributed by atoms with E-state index in [9.17, 15) is 4.39 Å². The van der Waals surface area contributed by atoms with Crippen molar-refractivity contribution in [3.63, 3.8) is 0 Å². The van der Waals surface area contributed by atoms with E-state index >= 15 is 0 Å². The Morgan fingerprint density at radius 1 is 1.60 bits per heavy atom. The van der Waals surface area contributed by atoms with Crippen LogP contribution in [0, 0.1) is 5.92 Å². The molecule has 0 aliphatic rings. The number of rotatable bonds is 4. The van der Waals surface area contributed by atoms with E-state index in [0.29, 0.717) is 6.42 Å². The van der Waals surface area contributed by atoms with Gasteiger partial charge in [-0.25, -0.2) is 0 Å². The molecule has 1 unspecified atom stereocenters. The van der Waals surface area contributed by atoms with Gasteiger partial charge in [-0.3, -0.25) is 4.39 Å². The van der Waals surface area contributed by atoms with Crippen molar-refractivity contribution in [2.75, 3.05) is 5.75 Å². The van der Waals surface area contributed by atoms with Gasteiger partial charge in [0.25, 0.3) is 0 Å². The summed E-state index contributed by atoms with van der Waals surface area (Å²) in [7, 11) is 10.0. The predicted octanol–water partition coefficient (Wildman–Crippen LogP) is 1.29. The Balaban J connectivity index is 3.52. The van der Waals surface area contributed by atoms with Gasteiger partial charge in [0.05, 0.1) is 0 Å². The zero-order valence-corrected chi connectivity index (χ0v) is 7.07. The van der Waals surface area contributed by atoms with Crippen molar-refractivity contribution in [1.82, 2.24) is 0 Å². The van der Waals surface area contributed by atoms with Gasteiger partial charge in [-0.2, -0.15) is 12.6 Å². The molecule has 0 bridgehead atoms. The smallest absolute Gasteiger partial charge is 0.107 e. The van der Waals surface area contributed by atoms with Crippen LogP contribution < -0.4 is 0 Å². The van der Waals surface area contributed by atoms with E-state index in [1.807, 2.05) is 0 Å². The zero-order chi connectivity index (χ0) is 8.20. The lowest BCUT2D eigenvalue weighted by molar-refractivity contribution is 0.274. The van der Waals surface area contributed by atoms with Crippen LogP contribution in [0.3, 0.4) is 0 Å². The number of thiol groups is 1. The molecule has 0 N–H and O–H groups in total. The van der Waals surface area contributed by atoms with Gasteiger partial charge in [-0.1, -0.05) is 6.92 Å². The van der Waals surface area contributed by atoms with Gasteiger partial charge in [0, 0.05) is 5.47 Å². The third kappa shape index (κ3) is 4.26. The fourth-order valence-electron chi connectivity index (χ4n) is 0.619. The van der Waals surface area contributed by atoms with Crippen LogP contribution in [0.4, 0.5) is 4.39 Å². The molecule has 0 aromatic carbocycles. The van der Waals surface area contributed by atoms with E-state index in [1.165, 1.54) is 0 Å². The Labute approximate surface area is 70.2 Å². The second-order valence-electron chi connectivity index (χ2n) is 2.59. The normalized spacial score (nSPS) is 15.1. The van der Waals surface area contributed by atoms with Gasteiger partial charge in [-0.15, -0.1) is 0 Å². The number of halogens is 1. The lowest BCUT2D eigenvalue weighted by atomic mass is 9.59. The quantitative estimate of drug-likeness (QED) is 0.460. The number of alkyl halides is 1. The Morgan fingerprint density at radius 3 is 2.40 bits per heavy atom. The first-order chi connectivity index (χ1) is 4.48. The molecule has 10 heavy (non-hydrogen) atoms. The van der Waals surface area contributed by atoms with E-state index in [-0.39, 0.29) is 5.92 Å². The zero-order valence-electron chi connectivity index (χ0n) is 6.18. The standard InChI is InChI=1S/C6H11B2FS/c1-5(3-2-4-10)6(7,8)9/h5,10H,2-4H2,1H3. The molecule has 0 fully saturated rings. The summed E-state index contributed by atoms with van der Waals surface area (Å²) in [6, 6.07) is 0. The second-order valence-corrected chi connectivity index (χ2v) is 3.04. The van der Waals surface area contributed by atoms with Crippen LogP contribution in [-0.4, -0.2) is 26.9 Å². The van der Waals surface area contributed by atoms with Crippen LogP contribution in [0.1, 0.15) is 19.8 Å². The third-order valence-electron chi connectivity index (χ3n) is 1.55. The lowest BCUT2D eigenvalue weighted by Crippen LogP contribution is -2.32. The van der Waals surface area contributed by atoms with Gasteiger partial charge < -0.3 is 0 Å². The highest BCUT2D eigenvalue weighted by Crippen LogP contribution is 2.19. The van der Waals surface area contributed by atoms with Crippen LogP contribution in [0.5, 0.6) is 0 Å². The molecule has 54 valence electrons. The second kappa shape index (κ2) is 4.32. The minimum Gasteiger partial charge on any atom is -0.265 e. The summed E-state index contributed by atoms with van der Waals surface area (Å²) in [5.41, 5.74) is -2.02. The van der Waals surface area contributed by atoms with E-state index in [2.05, 4.69) is 12.6 Å². The molecule has 1 atom stereocenters. The fraction of sp³-hybridized carbons (Fsp3) is 1.00. The summed E-state index contributed by atoms with van der Waals surface area (Å²) in [6.45, 7) is 1.70. The molecule has 4 heteroatoms. The Kier molecular flexibility index (Phi) is 4.50. The SMILES string of the molecule is [B]C([B])(F)C(C)CCCS. The highest BCUT2D eigenvalue weighted by Gasteiger charge is 2.22. The average molecular weight is 156 g/mol. The maximum atomic E-state index is 12.6. The molecule has 0 aliphatic heterocycles. The molecule has 0 aromatic rings. The maximum absolute atomic E-state index is 12.6. The molecular weight excluding hydrogens is 145 g/mol. The van der Waals surface area contributed by atoms with Crippen molar-refractivity contribution in [2.45, 2.75) is 25.2 Å². The molecule has 0 saturated heterocycles. The third-order valence-corrected chi connectivity index (χ3v) is 1.87. The first-order valence-electron chi connectivity index (χ1n) is 3.36. The highest BCUT2D eigenvalue weighted by atomic mass is 32.1. The van der Waals surface area contributed by atoms with Crippen LogP contribution >= 0.6 is 12.6 Å². The topological polar surface area (TPSA) is 0 Å². The Hall–Kier alpha value is 0.410. The highest BCUT2D eigenvalue weighted by molar-refractivity contribution is 7.80. The summed E-state index contributed by atoms with van der Waals surface area (Å²) in [5.74, 6) is 0.458. The van der Waals surface area contributed by atoms with Crippen molar-refractivity contribution < 1.29 is 4.39 Å². The molecule has 0 amide bonds. The average Bonchev–Trinajstić information content (AvgIpc) is 1.80. The van der Waals surface area contributed by atoms with Gasteiger partial charge in [-0.05, 0) is 24.5 Å². The van der Waals surface area contributed by atoms with Crippen LogP contribution in [0.25, 0.3) is 0 Å². The molecule has 0 spiro atoms. The first-order valence-corrected chi connectivity index (χ1v) is 3.99. The van der Waals surface area contributed by atoms with Gasteiger partial charge in [0.15, 0.2) is 0 Å². The number of hydrogen-bond donors (Lipinski definition) is 1. The minimum absolute atomic E-state index is 0.292. The summed E-state index contributed by atoms with van der Waals surface area (Å²) < 4.78 is 12.6. The summed E-state index contributed by atoms with van der Waals surface area (Å²) in [6.07, 6.45) is 1.54. The van der Waals surface area contributed by atoms with Crippen molar-refractivity contribution in [2.24, 2.45) is 5.92 Å². The molecule has 4 radical (unpaired) electrons. The monoisotopic (exact) mass is 156 g/mol. The van der Waals surface area contributed by atoms with Crippen molar-refractivity contribution >= 4 is 28.3 Å². The summed E-state index contributed by atoms with van der Waals surface area (Å²) >= 11 is 3.99. The molecule has 0 aromatic heterocycles. The molecule has 0 saturated carbocycles. The summed E-state index contributed by atoms with van der Waals surface area (Å²) in [5, 5.41) is 0. The number of hydrogen-bond acceptors (Lipinski definition) is 1. The first kappa shape index (κ1) is 10.4.